The Hall–Kier alpha value is -3.44. The minimum absolute atomic E-state index is 0.0397. The summed E-state index contributed by atoms with van der Waals surface area (Å²) in [6.45, 7) is 1.30. The van der Waals surface area contributed by atoms with Crippen LogP contribution in [0.5, 0.6) is 0 Å². The van der Waals surface area contributed by atoms with Gasteiger partial charge in [0.25, 0.3) is 5.91 Å². The number of sulfonamides is 1. The number of nitrogens with one attached hydrogen (secondary N) is 1. The van der Waals surface area contributed by atoms with E-state index in [1.165, 1.54) is 31.1 Å². The SMILES string of the molecule is COC(=O)[C@@H](C)NC(=O)[C@@H]1CN(C(=O)c2ccc(N(C)C)cc2)CCN1S(=O)(=O)c1ccccc1. The molecule has 188 valence electrons. The van der Waals surface area contributed by atoms with E-state index in [0.29, 0.717) is 5.56 Å². The summed E-state index contributed by atoms with van der Waals surface area (Å²) < 4.78 is 32.5. The predicted octanol–water partition coefficient (Wildman–Crippen LogP) is 0.946. The van der Waals surface area contributed by atoms with Crippen LogP contribution in [0.3, 0.4) is 0 Å². The van der Waals surface area contributed by atoms with Crippen molar-refractivity contribution >= 4 is 33.5 Å². The molecule has 0 radical (unpaired) electrons. The molecule has 2 aromatic carbocycles. The van der Waals surface area contributed by atoms with Crippen LogP contribution in [0, 0.1) is 0 Å². The van der Waals surface area contributed by atoms with Crippen molar-refractivity contribution < 1.29 is 27.5 Å². The highest BCUT2D eigenvalue weighted by Gasteiger charge is 2.42. The largest absolute Gasteiger partial charge is 0.467 e. The van der Waals surface area contributed by atoms with Crippen LogP contribution in [0.25, 0.3) is 0 Å². The summed E-state index contributed by atoms with van der Waals surface area (Å²) >= 11 is 0. The molecule has 0 aromatic heterocycles. The Bertz CT molecular complexity index is 1170. The normalized spacial score (nSPS) is 17.4. The highest BCUT2D eigenvalue weighted by Crippen LogP contribution is 2.23. The lowest BCUT2D eigenvalue weighted by Gasteiger charge is -2.39. The van der Waals surface area contributed by atoms with E-state index in [4.69, 9.17) is 0 Å². The maximum absolute atomic E-state index is 13.4. The number of carbonyl (C=O) groups excluding carboxylic acids is 3. The number of amides is 2. The summed E-state index contributed by atoms with van der Waals surface area (Å²) in [6, 6.07) is 12.6. The smallest absolute Gasteiger partial charge is 0.328 e. The minimum Gasteiger partial charge on any atom is -0.467 e. The Morgan fingerprint density at radius 1 is 1.03 bits per heavy atom. The summed E-state index contributed by atoms with van der Waals surface area (Å²) in [5.41, 5.74) is 1.35. The van der Waals surface area contributed by atoms with Gasteiger partial charge in [-0.05, 0) is 43.3 Å². The molecule has 1 aliphatic heterocycles. The number of anilines is 1. The highest BCUT2D eigenvalue weighted by molar-refractivity contribution is 7.89. The quantitative estimate of drug-likeness (QED) is 0.560. The third-order valence-electron chi connectivity index (χ3n) is 5.82. The van der Waals surface area contributed by atoms with Crippen LogP contribution >= 0.6 is 0 Å². The fourth-order valence-electron chi connectivity index (χ4n) is 3.81. The zero-order valence-corrected chi connectivity index (χ0v) is 21.0. The second-order valence-electron chi connectivity index (χ2n) is 8.39. The average molecular weight is 503 g/mol. The van der Waals surface area contributed by atoms with Crippen LogP contribution in [-0.4, -0.2) is 88.3 Å². The third kappa shape index (κ3) is 5.80. The van der Waals surface area contributed by atoms with Gasteiger partial charge in [0.1, 0.15) is 12.1 Å². The molecule has 0 bridgehead atoms. The van der Waals surface area contributed by atoms with Crippen molar-refractivity contribution in [1.82, 2.24) is 14.5 Å². The van der Waals surface area contributed by atoms with Crippen molar-refractivity contribution in [2.45, 2.75) is 23.9 Å². The zero-order chi connectivity index (χ0) is 25.8. The van der Waals surface area contributed by atoms with Crippen molar-refractivity contribution in [2.24, 2.45) is 0 Å². The van der Waals surface area contributed by atoms with E-state index in [1.54, 1.807) is 30.3 Å². The molecule has 0 saturated carbocycles. The molecule has 1 saturated heterocycles. The Kier molecular flexibility index (Phi) is 8.13. The number of esters is 1. The molecule has 2 aromatic rings. The van der Waals surface area contributed by atoms with Crippen molar-refractivity contribution in [1.29, 1.82) is 0 Å². The lowest BCUT2D eigenvalue weighted by molar-refractivity contribution is -0.145. The van der Waals surface area contributed by atoms with E-state index in [-0.39, 0.29) is 30.4 Å². The van der Waals surface area contributed by atoms with Gasteiger partial charge < -0.3 is 19.9 Å². The Morgan fingerprint density at radius 2 is 1.66 bits per heavy atom. The van der Waals surface area contributed by atoms with Crippen LogP contribution < -0.4 is 10.2 Å². The second-order valence-corrected chi connectivity index (χ2v) is 10.3. The number of methoxy groups -OCH3 is 1. The zero-order valence-electron chi connectivity index (χ0n) is 20.2. The van der Waals surface area contributed by atoms with Gasteiger partial charge in [-0.25, -0.2) is 13.2 Å². The predicted molar refractivity (Wildman–Crippen MR) is 130 cm³/mol. The van der Waals surface area contributed by atoms with E-state index < -0.39 is 34.0 Å². The van der Waals surface area contributed by atoms with Crippen LogP contribution in [-0.2, 0) is 24.3 Å². The molecule has 1 heterocycles. The Morgan fingerprint density at radius 3 is 2.23 bits per heavy atom. The Balaban J connectivity index is 1.89. The first-order valence-electron chi connectivity index (χ1n) is 11.1. The average Bonchev–Trinajstić information content (AvgIpc) is 2.87. The number of carbonyl (C=O) groups is 3. The number of hydrogen-bond acceptors (Lipinski definition) is 7. The molecule has 0 aliphatic carbocycles. The molecule has 0 spiro atoms. The number of rotatable bonds is 7. The number of hydrogen-bond donors (Lipinski definition) is 1. The molecule has 0 unspecified atom stereocenters. The first-order valence-corrected chi connectivity index (χ1v) is 12.5. The van der Waals surface area contributed by atoms with E-state index >= 15 is 0 Å². The van der Waals surface area contributed by atoms with Crippen molar-refractivity contribution in [3.8, 4) is 0 Å². The molecule has 35 heavy (non-hydrogen) atoms. The lowest BCUT2D eigenvalue weighted by Crippen LogP contribution is -2.62. The van der Waals surface area contributed by atoms with Crippen molar-refractivity contribution in [2.75, 3.05) is 45.7 Å². The minimum atomic E-state index is -4.03. The van der Waals surface area contributed by atoms with Gasteiger partial charge in [-0.15, -0.1) is 0 Å². The summed E-state index contributed by atoms with van der Waals surface area (Å²) in [5.74, 6) is -1.67. The molecule has 2 atom stereocenters. The standard InChI is InChI=1S/C24H30N4O6S/c1-17(24(31)34-4)25-22(29)21-16-27(23(30)18-10-12-19(13-11-18)26(2)3)14-15-28(21)35(32,33)20-8-6-5-7-9-20/h5-13,17,21H,14-16H2,1-4H3,(H,25,29)/t17-,21+/m1/s1. The van der Waals surface area contributed by atoms with E-state index in [9.17, 15) is 22.8 Å². The first-order chi connectivity index (χ1) is 16.6. The third-order valence-corrected chi connectivity index (χ3v) is 7.74. The summed E-state index contributed by atoms with van der Waals surface area (Å²) in [5, 5.41) is 2.51. The van der Waals surface area contributed by atoms with Gasteiger partial charge in [-0.2, -0.15) is 4.31 Å². The molecule has 2 amide bonds. The number of ether oxygens (including phenoxy) is 1. The van der Waals surface area contributed by atoms with Gasteiger partial charge in [-0.1, -0.05) is 18.2 Å². The van der Waals surface area contributed by atoms with Gasteiger partial charge in [0, 0.05) is 45.0 Å². The molecule has 3 rings (SSSR count). The first kappa shape index (κ1) is 26.2. The highest BCUT2D eigenvalue weighted by atomic mass is 32.2. The molecule has 11 heteroatoms. The van der Waals surface area contributed by atoms with Gasteiger partial charge in [-0.3, -0.25) is 9.59 Å². The maximum Gasteiger partial charge on any atom is 0.328 e. The van der Waals surface area contributed by atoms with Gasteiger partial charge in [0.2, 0.25) is 15.9 Å². The van der Waals surface area contributed by atoms with E-state index in [2.05, 4.69) is 10.1 Å². The molecular weight excluding hydrogens is 472 g/mol. The van der Waals surface area contributed by atoms with Gasteiger partial charge >= 0.3 is 5.97 Å². The summed E-state index contributed by atoms with van der Waals surface area (Å²) in [7, 11) is 0.942. The maximum atomic E-state index is 13.4. The monoisotopic (exact) mass is 502 g/mol. The topological polar surface area (TPSA) is 116 Å². The number of piperazine rings is 1. The van der Waals surface area contributed by atoms with E-state index in [1.807, 2.05) is 31.1 Å². The van der Waals surface area contributed by atoms with Crippen LogP contribution in [0.2, 0.25) is 0 Å². The Labute approximate surface area is 205 Å². The number of benzene rings is 2. The van der Waals surface area contributed by atoms with Crippen molar-refractivity contribution in [3.63, 3.8) is 0 Å². The molecule has 1 fully saturated rings. The second kappa shape index (κ2) is 10.9. The molecular formula is C24H30N4O6S. The molecule has 1 aliphatic rings. The summed E-state index contributed by atoms with van der Waals surface area (Å²) in [4.78, 5) is 41.6. The molecule has 10 nitrogen and oxygen atoms in total. The fourth-order valence-corrected chi connectivity index (χ4v) is 5.40. The fraction of sp³-hybridized carbons (Fsp3) is 0.375. The van der Waals surface area contributed by atoms with Gasteiger partial charge in [0.15, 0.2) is 0 Å². The van der Waals surface area contributed by atoms with Crippen LogP contribution in [0.1, 0.15) is 17.3 Å². The summed E-state index contributed by atoms with van der Waals surface area (Å²) in [6.07, 6.45) is 0. The van der Waals surface area contributed by atoms with Crippen LogP contribution in [0.4, 0.5) is 5.69 Å². The van der Waals surface area contributed by atoms with Crippen molar-refractivity contribution in [3.05, 3.63) is 60.2 Å². The van der Waals surface area contributed by atoms with Gasteiger partial charge in [0.05, 0.1) is 12.0 Å². The number of nitrogens with zero attached hydrogens (tertiary/aromatic N) is 3. The molecule has 1 N–H and O–H groups in total. The lowest BCUT2D eigenvalue weighted by atomic mass is 10.1. The van der Waals surface area contributed by atoms with E-state index in [0.717, 1.165) is 9.99 Å². The van der Waals surface area contributed by atoms with Crippen LogP contribution in [0.15, 0.2) is 59.5 Å².